The predicted molar refractivity (Wildman–Crippen MR) is 78.0 cm³/mol. The molecular formula is C15H10BrN2OW-. The normalized spacial score (nSPS) is 10.2. The fourth-order valence-electron chi connectivity index (χ4n) is 2.10. The number of Topliss-reactive ketones (excluding diaryl/α,β-unsaturated/α-hetero) is 1. The summed E-state index contributed by atoms with van der Waals surface area (Å²) in [6, 6.07) is 13.4. The van der Waals surface area contributed by atoms with Crippen molar-refractivity contribution in [2.24, 2.45) is 0 Å². The summed E-state index contributed by atoms with van der Waals surface area (Å²) in [5.74, 6) is -0.242. The van der Waals surface area contributed by atoms with Gasteiger partial charge in [-0.15, -0.1) is 0 Å². The van der Waals surface area contributed by atoms with Crippen LogP contribution in [0.3, 0.4) is 0 Å². The van der Waals surface area contributed by atoms with Crippen molar-refractivity contribution in [1.82, 2.24) is 9.38 Å². The molecule has 0 unspecified atom stereocenters. The molecule has 0 N–H and O–H groups in total. The van der Waals surface area contributed by atoms with Crippen LogP contribution in [0.5, 0.6) is 0 Å². The Morgan fingerprint density at radius 3 is 2.70 bits per heavy atom. The molecule has 0 amide bonds. The number of hydrogen-bond acceptors (Lipinski definition) is 2. The van der Waals surface area contributed by atoms with Gasteiger partial charge in [0.25, 0.3) is 0 Å². The Labute approximate surface area is 139 Å². The maximum Gasteiger partial charge on any atom is 0.119 e. The molecule has 0 atom stereocenters. The molecule has 20 heavy (non-hydrogen) atoms. The summed E-state index contributed by atoms with van der Waals surface area (Å²) in [5.41, 5.74) is 2.80. The van der Waals surface area contributed by atoms with Gasteiger partial charge in [-0.2, -0.15) is 6.92 Å². The molecule has 0 aliphatic carbocycles. The molecule has 0 spiro atoms. The minimum absolute atomic E-state index is 0. The van der Waals surface area contributed by atoms with Crippen molar-refractivity contribution < 1.29 is 25.9 Å². The molecule has 0 bridgehead atoms. The standard InChI is InChI=1S/C15H10BrN2O.W/c1-10(19)15-14(11-5-4-6-12(16)9-11)17-13-7-2-3-8-18(13)15;/h2-9H,1H2;/q-1;. The Hall–Kier alpha value is -1.38. The van der Waals surface area contributed by atoms with Gasteiger partial charge in [-0.05, 0) is 41.7 Å². The molecule has 0 saturated heterocycles. The van der Waals surface area contributed by atoms with Crippen LogP contribution >= 0.6 is 15.9 Å². The van der Waals surface area contributed by atoms with Gasteiger partial charge in [-0.25, -0.2) is 4.98 Å². The first-order valence-electron chi connectivity index (χ1n) is 5.76. The van der Waals surface area contributed by atoms with Crippen molar-refractivity contribution in [3.8, 4) is 11.3 Å². The molecule has 0 aliphatic heterocycles. The Bertz CT molecular complexity index is 782. The van der Waals surface area contributed by atoms with E-state index >= 15 is 0 Å². The maximum absolute atomic E-state index is 11.8. The van der Waals surface area contributed by atoms with Gasteiger partial charge in [-0.3, -0.25) is 0 Å². The van der Waals surface area contributed by atoms with Crippen LogP contribution in [0.15, 0.2) is 53.1 Å². The molecular weight excluding hydrogens is 488 g/mol. The van der Waals surface area contributed by atoms with Crippen LogP contribution in [0.2, 0.25) is 0 Å². The number of rotatable bonds is 2. The van der Waals surface area contributed by atoms with Crippen LogP contribution in [0, 0.1) is 6.92 Å². The average Bonchev–Trinajstić information content (AvgIpc) is 2.78. The average molecular weight is 498 g/mol. The molecule has 5 heteroatoms. The number of pyridine rings is 1. The van der Waals surface area contributed by atoms with E-state index in [1.54, 1.807) is 4.40 Å². The zero-order chi connectivity index (χ0) is 13.4. The second-order valence-corrected chi connectivity index (χ2v) is 5.09. The number of nitrogens with zero attached hydrogens (tertiary/aromatic N) is 2. The summed E-state index contributed by atoms with van der Waals surface area (Å²) < 4.78 is 2.72. The number of carbonyl (C=O) groups excluding carboxylic acids is 1. The predicted octanol–water partition coefficient (Wildman–Crippen LogP) is 3.78. The number of imidazole rings is 1. The number of aromatic nitrogens is 2. The van der Waals surface area contributed by atoms with Gasteiger partial charge >= 0.3 is 0 Å². The number of fused-ring (bicyclic) bond motifs is 1. The summed E-state index contributed by atoms with van der Waals surface area (Å²) in [7, 11) is 0. The molecule has 0 radical (unpaired) electrons. The van der Waals surface area contributed by atoms with Crippen molar-refractivity contribution in [2.75, 3.05) is 0 Å². The van der Waals surface area contributed by atoms with Gasteiger partial charge in [0.05, 0.1) is 0 Å². The molecule has 0 aliphatic rings. The van der Waals surface area contributed by atoms with Crippen molar-refractivity contribution in [3.63, 3.8) is 0 Å². The van der Waals surface area contributed by atoms with Crippen molar-refractivity contribution in [2.45, 2.75) is 0 Å². The number of carbonyl (C=O) groups is 1. The molecule has 0 fully saturated rings. The van der Waals surface area contributed by atoms with Gasteiger partial charge in [-0.1, -0.05) is 34.1 Å². The molecule has 2 heterocycles. The smallest absolute Gasteiger partial charge is 0.119 e. The second-order valence-electron chi connectivity index (χ2n) is 4.17. The first kappa shape index (κ1) is 15.0. The molecule has 0 saturated carbocycles. The minimum Gasteiger partial charge on any atom is -0.377 e. The third-order valence-electron chi connectivity index (χ3n) is 2.89. The molecule has 2 aromatic heterocycles. The van der Waals surface area contributed by atoms with E-state index in [9.17, 15) is 4.79 Å². The van der Waals surface area contributed by atoms with Crippen LogP contribution in [-0.2, 0) is 21.1 Å². The minimum atomic E-state index is -0.242. The van der Waals surface area contributed by atoms with Gasteiger partial charge in [0.15, 0.2) is 0 Å². The van der Waals surface area contributed by atoms with E-state index in [1.165, 1.54) is 0 Å². The number of hydrogen-bond donors (Lipinski definition) is 0. The van der Waals surface area contributed by atoms with Crippen LogP contribution in [0.4, 0.5) is 0 Å². The summed E-state index contributed by atoms with van der Waals surface area (Å²) in [6.45, 7) is 3.53. The Morgan fingerprint density at radius 1 is 1.20 bits per heavy atom. The first-order valence-corrected chi connectivity index (χ1v) is 6.55. The Balaban J connectivity index is 0.00000147. The fraction of sp³-hybridized carbons (Fsp3) is 0. The van der Waals surface area contributed by atoms with Crippen molar-refractivity contribution in [3.05, 3.63) is 65.8 Å². The largest absolute Gasteiger partial charge is 0.377 e. The van der Waals surface area contributed by atoms with Crippen molar-refractivity contribution >= 4 is 27.4 Å². The van der Waals surface area contributed by atoms with Gasteiger partial charge in [0, 0.05) is 37.0 Å². The molecule has 100 valence electrons. The monoisotopic (exact) mass is 497 g/mol. The van der Waals surface area contributed by atoms with E-state index in [0.717, 1.165) is 15.7 Å². The van der Waals surface area contributed by atoms with E-state index in [4.69, 9.17) is 0 Å². The van der Waals surface area contributed by atoms with Gasteiger partial charge < -0.3 is 9.20 Å². The van der Waals surface area contributed by atoms with E-state index < -0.39 is 0 Å². The third-order valence-corrected chi connectivity index (χ3v) is 3.39. The zero-order valence-corrected chi connectivity index (χ0v) is 14.9. The molecule has 3 nitrogen and oxygen atoms in total. The number of benzene rings is 1. The van der Waals surface area contributed by atoms with Gasteiger partial charge in [0.1, 0.15) is 5.65 Å². The van der Waals surface area contributed by atoms with E-state index in [2.05, 4.69) is 27.8 Å². The third kappa shape index (κ3) is 2.58. The summed E-state index contributed by atoms with van der Waals surface area (Å²) in [6.07, 6.45) is 1.82. The molecule has 1 aromatic carbocycles. The van der Waals surface area contributed by atoms with Crippen LogP contribution in [0.1, 0.15) is 10.5 Å². The first-order chi connectivity index (χ1) is 9.16. The van der Waals surface area contributed by atoms with Crippen molar-refractivity contribution in [1.29, 1.82) is 0 Å². The number of halogens is 1. The summed E-state index contributed by atoms with van der Waals surface area (Å²) in [5, 5.41) is 0. The maximum atomic E-state index is 11.8. The summed E-state index contributed by atoms with van der Waals surface area (Å²) >= 11 is 3.43. The Morgan fingerprint density at radius 2 is 2.00 bits per heavy atom. The fourth-order valence-corrected chi connectivity index (χ4v) is 2.50. The topological polar surface area (TPSA) is 34.4 Å². The van der Waals surface area contributed by atoms with Gasteiger partial charge in [0.2, 0.25) is 0 Å². The molecule has 3 aromatic rings. The van der Waals surface area contributed by atoms with E-state index in [1.807, 2.05) is 48.7 Å². The van der Waals surface area contributed by atoms with Crippen LogP contribution in [-0.4, -0.2) is 15.2 Å². The Kier molecular flexibility index (Phi) is 4.46. The zero-order valence-electron chi connectivity index (χ0n) is 10.4. The quantitative estimate of drug-likeness (QED) is 0.399. The second kappa shape index (κ2) is 5.94. The SMILES string of the molecule is [CH2-]C(=O)c1c(-c2cccc(Br)c2)nc2ccccn12.[W]. The van der Waals surface area contributed by atoms with E-state index in [-0.39, 0.29) is 26.8 Å². The summed E-state index contributed by atoms with van der Waals surface area (Å²) in [4.78, 5) is 16.3. The van der Waals surface area contributed by atoms with E-state index in [0.29, 0.717) is 11.4 Å². The van der Waals surface area contributed by atoms with Crippen LogP contribution in [0.25, 0.3) is 16.9 Å². The molecule has 3 rings (SSSR count). The van der Waals surface area contributed by atoms with Crippen LogP contribution < -0.4 is 0 Å². The number of ketones is 1.